The normalized spacial score (nSPS) is 13.7. The van der Waals surface area contributed by atoms with Crippen LogP contribution in [0.2, 0.25) is 0 Å². The van der Waals surface area contributed by atoms with E-state index in [2.05, 4.69) is 17.6 Å². The lowest BCUT2D eigenvalue weighted by atomic mass is 10.1. The van der Waals surface area contributed by atoms with Crippen molar-refractivity contribution in [2.75, 3.05) is 19.0 Å². The Labute approximate surface area is 115 Å². The molecular formula is C15H24N2O2. The molecule has 0 saturated heterocycles. The first-order valence-corrected chi connectivity index (χ1v) is 6.76. The van der Waals surface area contributed by atoms with Gasteiger partial charge in [-0.1, -0.05) is 13.0 Å². The summed E-state index contributed by atoms with van der Waals surface area (Å²) in [5.74, 6) is -0.0297. The minimum Gasteiger partial charge on any atom is -0.380 e. The fourth-order valence-corrected chi connectivity index (χ4v) is 1.68. The Bertz CT molecular complexity index is 407. The largest absolute Gasteiger partial charge is 0.380 e. The van der Waals surface area contributed by atoms with E-state index in [-0.39, 0.29) is 18.1 Å². The van der Waals surface area contributed by atoms with Gasteiger partial charge in [-0.15, -0.1) is 0 Å². The number of nitrogens with one attached hydrogen (secondary N) is 2. The molecule has 2 atom stereocenters. The smallest absolute Gasteiger partial charge is 0.251 e. The van der Waals surface area contributed by atoms with Crippen molar-refractivity contribution in [2.24, 2.45) is 0 Å². The van der Waals surface area contributed by atoms with Gasteiger partial charge in [0.15, 0.2) is 0 Å². The van der Waals surface area contributed by atoms with Gasteiger partial charge in [0.05, 0.1) is 6.10 Å². The molecule has 0 bridgehead atoms. The number of ether oxygens (including phenoxy) is 1. The Kier molecular flexibility index (Phi) is 6.36. The number of hydrogen-bond acceptors (Lipinski definition) is 3. The highest BCUT2D eigenvalue weighted by Crippen LogP contribution is 2.13. The van der Waals surface area contributed by atoms with Crippen LogP contribution in [0, 0.1) is 0 Å². The van der Waals surface area contributed by atoms with Gasteiger partial charge < -0.3 is 15.4 Å². The van der Waals surface area contributed by atoms with Crippen molar-refractivity contribution in [3.8, 4) is 0 Å². The maximum Gasteiger partial charge on any atom is 0.251 e. The number of carbonyl (C=O) groups is 1. The fraction of sp³-hybridized carbons (Fsp3) is 0.533. The molecule has 1 amide bonds. The van der Waals surface area contributed by atoms with Crippen LogP contribution in [0.15, 0.2) is 24.3 Å². The molecule has 0 aliphatic carbocycles. The van der Waals surface area contributed by atoms with Crippen molar-refractivity contribution in [3.05, 3.63) is 29.8 Å². The molecule has 0 spiro atoms. The molecule has 0 aliphatic heterocycles. The molecule has 0 aliphatic rings. The standard InChI is InChI=1S/C15H24N2O2/c1-5-9-16-15(18)13-7-6-8-14(10-13)17-11(2)12(3)19-4/h6-8,10-12,17H,5,9H2,1-4H3,(H,16,18). The summed E-state index contributed by atoms with van der Waals surface area (Å²) in [5.41, 5.74) is 1.61. The van der Waals surface area contributed by atoms with Crippen LogP contribution in [-0.4, -0.2) is 31.7 Å². The predicted molar refractivity (Wildman–Crippen MR) is 78.6 cm³/mol. The lowest BCUT2D eigenvalue weighted by molar-refractivity contribution is 0.0953. The third kappa shape index (κ3) is 4.91. The van der Waals surface area contributed by atoms with Gasteiger partial charge in [-0.05, 0) is 38.5 Å². The fourth-order valence-electron chi connectivity index (χ4n) is 1.68. The second-order valence-corrected chi connectivity index (χ2v) is 4.71. The molecule has 2 unspecified atom stereocenters. The number of carbonyl (C=O) groups excluding carboxylic acids is 1. The van der Waals surface area contributed by atoms with Gasteiger partial charge in [-0.25, -0.2) is 0 Å². The highest BCUT2D eigenvalue weighted by Gasteiger charge is 2.11. The van der Waals surface area contributed by atoms with E-state index in [0.717, 1.165) is 12.1 Å². The van der Waals surface area contributed by atoms with E-state index in [1.165, 1.54) is 0 Å². The second kappa shape index (κ2) is 7.79. The van der Waals surface area contributed by atoms with Crippen molar-refractivity contribution in [1.29, 1.82) is 0 Å². The minimum atomic E-state index is -0.0297. The summed E-state index contributed by atoms with van der Waals surface area (Å²) in [5, 5.41) is 6.21. The first kappa shape index (κ1) is 15.5. The summed E-state index contributed by atoms with van der Waals surface area (Å²) in [6, 6.07) is 7.70. The lowest BCUT2D eigenvalue weighted by Crippen LogP contribution is -2.30. The van der Waals surface area contributed by atoms with E-state index < -0.39 is 0 Å². The number of benzene rings is 1. The van der Waals surface area contributed by atoms with Crippen LogP contribution in [-0.2, 0) is 4.74 Å². The van der Waals surface area contributed by atoms with Gasteiger partial charge >= 0.3 is 0 Å². The summed E-state index contributed by atoms with van der Waals surface area (Å²) < 4.78 is 5.27. The molecule has 4 heteroatoms. The molecule has 1 aromatic carbocycles. The Morgan fingerprint density at radius 1 is 1.37 bits per heavy atom. The molecule has 106 valence electrons. The third-order valence-electron chi connectivity index (χ3n) is 3.13. The van der Waals surface area contributed by atoms with Crippen molar-refractivity contribution < 1.29 is 9.53 Å². The molecule has 0 heterocycles. The average Bonchev–Trinajstić information content (AvgIpc) is 2.43. The molecule has 1 rings (SSSR count). The number of rotatable bonds is 7. The summed E-state index contributed by atoms with van der Waals surface area (Å²) in [7, 11) is 1.69. The molecule has 2 N–H and O–H groups in total. The highest BCUT2D eigenvalue weighted by molar-refractivity contribution is 5.95. The van der Waals surface area contributed by atoms with Crippen LogP contribution < -0.4 is 10.6 Å². The molecular weight excluding hydrogens is 240 g/mol. The van der Waals surface area contributed by atoms with Crippen LogP contribution in [0.3, 0.4) is 0 Å². The number of amides is 1. The monoisotopic (exact) mass is 264 g/mol. The minimum absolute atomic E-state index is 0.0297. The molecule has 19 heavy (non-hydrogen) atoms. The molecule has 0 aromatic heterocycles. The van der Waals surface area contributed by atoms with Crippen LogP contribution in [0.25, 0.3) is 0 Å². The summed E-state index contributed by atoms with van der Waals surface area (Å²) in [6.07, 6.45) is 1.05. The second-order valence-electron chi connectivity index (χ2n) is 4.71. The van der Waals surface area contributed by atoms with E-state index in [4.69, 9.17) is 4.74 Å². The van der Waals surface area contributed by atoms with Gasteiger partial charge in [-0.3, -0.25) is 4.79 Å². The highest BCUT2D eigenvalue weighted by atomic mass is 16.5. The maximum atomic E-state index is 11.9. The molecule has 4 nitrogen and oxygen atoms in total. The van der Waals surface area contributed by atoms with E-state index in [1.807, 2.05) is 38.1 Å². The van der Waals surface area contributed by atoms with Gasteiger partial charge in [0.1, 0.15) is 0 Å². The third-order valence-corrected chi connectivity index (χ3v) is 3.13. The SMILES string of the molecule is CCCNC(=O)c1cccc(NC(C)C(C)OC)c1. The van der Waals surface area contributed by atoms with Crippen LogP contribution in [0.5, 0.6) is 0 Å². The lowest BCUT2D eigenvalue weighted by Gasteiger charge is -2.21. The summed E-state index contributed by atoms with van der Waals surface area (Å²) in [6.45, 7) is 6.80. The van der Waals surface area contributed by atoms with E-state index in [1.54, 1.807) is 7.11 Å². The average molecular weight is 264 g/mol. The Morgan fingerprint density at radius 2 is 2.11 bits per heavy atom. The van der Waals surface area contributed by atoms with Crippen LogP contribution >= 0.6 is 0 Å². The zero-order valence-electron chi connectivity index (χ0n) is 12.2. The summed E-state index contributed by atoms with van der Waals surface area (Å²) in [4.78, 5) is 11.9. The Balaban J connectivity index is 2.69. The van der Waals surface area contributed by atoms with Crippen molar-refractivity contribution >= 4 is 11.6 Å². The quantitative estimate of drug-likeness (QED) is 0.796. The van der Waals surface area contributed by atoms with E-state index in [9.17, 15) is 4.79 Å². The predicted octanol–water partition coefficient (Wildman–Crippen LogP) is 2.66. The van der Waals surface area contributed by atoms with Crippen molar-refractivity contribution in [3.63, 3.8) is 0 Å². The first-order valence-electron chi connectivity index (χ1n) is 6.76. The number of methoxy groups -OCH3 is 1. The maximum absolute atomic E-state index is 11.9. The number of anilines is 1. The van der Waals surface area contributed by atoms with Crippen molar-refractivity contribution in [1.82, 2.24) is 5.32 Å². The zero-order valence-corrected chi connectivity index (χ0v) is 12.2. The van der Waals surface area contributed by atoms with Crippen molar-refractivity contribution in [2.45, 2.75) is 39.3 Å². The number of hydrogen-bond donors (Lipinski definition) is 2. The molecule has 1 aromatic rings. The molecule has 0 radical (unpaired) electrons. The van der Waals surface area contributed by atoms with Crippen LogP contribution in [0.4, 0.5) is 5.69 Å². The van der Waals surface area contributed by atoms with E-state index >= 15 is 0 Å². The molecule has 0 fully saturated rings. The molecule has 0 saturated carbocycles. The zero-order chi connectivity index (χ0) is 14.3. The summed E-state index contributed by atoms with van der Waals surface area (Å²) >= 11 is 0. The van der Waals surface area contributed by atoms with Gasteiger partial charge in [0.2, 0.25) is 0 Å². The van der Waals surface area contributed by atoms with E-state index in [0.29, 0.717) is 12.1 Å². The van der Waals surface area contributed by atoms with Gasteiger partial charge in [0.25, 0.3) is 5.91 Å². The topological polar surface area (TPSA) is 50.4 Å². The first-order chi connectivity index (χ1) is 9.08. The van der Waals surface area contributed by atoms with Gasteiger partial charge in [0, 0.05) is 30.9 Å². The van der Waals surface area contributed by atoms with Gasteiger partial charge in [-0.2, -0.15) is 0 Å². The van der Waals surface area contributed by atoms with Crippen LogP contribution in [0.1, 0.15) is 37.6 Å². The Morgan fingerprint density at radius 3 is 2.74 bits per heavy atom. The Hall–Kier alpha value is -1.55.